The van der Waals surface area contributed by atoms with Crippen molar-refractivity contribution in [1.82, 2.24) is 0 Å². The van der Waals surface area contributed by atoms with Crippen LogP contribution >= 0.6 is 0 Å². The Kier molecular flexibility index (Phi) is 5.19. The quantitative estimate of drug-likeness (QED) is 0.503. The Bertz CT molecular complexity index is 727. The maximum atomic E-state index is 12.2. The number of hydrogen-bond acceptors (Lipinski definition) is 5. The highest BCUT2D eigenvalue weighted by Crippen LogP contribution is 2.29. The molecule has 6 heteroatoms. The number of phenolic OH excluding ortho intramolecular Hbond substituents is 1. The van der Waals surface area contributed by atoms with Gasteiger partial charge >= 0.3 is 5.97 Å². The molecule has 0 aliphatic carbocycles. The smallest absolute Gasteiger partial charge is 0.311 e. The number of aromatic hydroxyl groups is 1. The molecule has 0 radical (unpaired) electrons. The highest BCUT2D eigenvalue weighted by molar-refractivity contribution is 6.05. The number of benzene rings is 2. The van der Waals surface area contributed by atoms with Gasteiger partial charge in [0.05, 0.1) is 12.8 Å². The van der Waals surface area contributed by atoms with E-state index in [1.165, 1.54) is 31.4 Å². The SMILES string of the molecule is CCC(=O)Oc1ccc(C(=O)Nc2ccccc2O)cc1OC. The molecule has 6 nitrogen and oxygen atoms in total. The van der Waals surface area contributed by atoms with E-state index in [-0.39, 0.29) is 23.7 Å². The molecule has 0 bridgehead atoms. The largest absolute Gasteiger partial charge is 0.506 e. The highest BCUT2D eigenvalue weighted by atomic mass is 16.6. The maximum Gasteiger partial charge on any atom is 0.311 e. The molecule has 1 amide bonds. The minimum atomic E-state index is -0.418. The third kappa shape index (κ3) is 4.00. The van der Waals surface area contributed by atoms with Crippen molar-refractivity contribution in [3.05, 3.63) is 48.0 Å². The van der Waals surface area contributed by atoms with Crippen LogP contribution in [0.5, 0.6) is 17.2 Å². The van der Waals surface area contributed by atoms with Gasteiger partial charge in [0.25, 0.3) is 5.91 Å². The van der Waals surface area contributed by atoms with Gasteiger partial charge < -0.3 is 19.9 Å². The first-order valence-electron chi connectivity index (χ1n) is 7.03. The second kappa shape index (κ2) is 7.31. The first-order chi connectivity index (χ1) is 11.0. The average Bonchev–Trinajstić information content (AvgIpc) is 2.57. The van der Waals surface area contributed by atoms with Gasteiger partial charge in [-0.2, -0.15) is 0 Å². The van der Waals surface area contributed by atoms with E-state index in [2.05, 4.69) is 5.32 Å². The van der Waals surface area contributed by atoms with Gasteiger partial charge in [0, 0.05) is 12.0 Å². The third-order valence-electron chi connectivity index (χ3n) is 3.09. The molecule has 23 heavy (non-hydrogen) atoms. The minimum absolute atomic E-state index is 0.0266. The zero-order valence-electron chi connectivity index (χ0n) is 12.8. The Balaban J connectivity index is 2.21. The predicted molar refractivity (Wildman–Crippen MR) is 85.0 cm³/mol. The maximum absolute atomic E-state index is 12.2. The van der Waals surface area contributed by atoms with Crippen molar-refractivity contribution in [2.24, 2.45) is 0 Å². The van der Waals surface area contributed by atoms with Crippen molar-refractivity contribution >= 4 is 17.6 Å². The molecule has 0 aromatic heterocycles. The minimum Gasteiger partial charge on any atom is -0.506 e. The number of ether oxygens (including phenoxy) is 2. The molecule has 0 aliphatic rings. The Hall–Kier alpha value is -3.02. The molecular formula is C17H17NO5. The number of para-hydroxylation sites is 2. The lowest BCUT2D eigenvalue weighted by atomic mass is 10.1. The van der Waals surface area contributed by atoms with Crippen LogP contribution in [0.15, 0.2) is 42.5 Å². The van der Waals surface area contributed by atoms with E-state index in [0.29, 0.717) is 11.3 Å². The summed E-state index contributed by atoms with van der Waals surface area (Å²) in [6.07, 6.45) is 0.235. The van der Waals surface area contributed by atoms with E-state index in [9.17, 15) is 14.7 Å². The van der Waals surface area contributed by atoms with Gasteiger partial charge in [-0.15, -0.1) is 0 Å². The zero-order chi connectivity index (χ0) is 16.8. The lowest BCUT2D eigenvalue weighted by Gasteiger charge is -2.11. The monoisotopic (exact) mass is 315 g/mol. The van der Waals surface area contributed by atoms with E-state index in [0.717, 1.165) is 0 Å². The van der Waals surface area contributed by atoms with Gasteiger partial charge in [-0.25, -0.2) is 0 Å². The second-order valence-electron chi connectivity index (χ2n) is 4.66. The Morgan fingerprint density at radius 2 is 1.87 bits per heavy atom. The van der Waals surface area contributed by atoms with Crippen molar-refractivity contribution < 1.29 is 24.2 Å². The van der Waals surface area contributed by atoms with E-state index >= 15 is 0 Å². The number of esters is 1. The molecule has 0 saturated heterocycles. The van der Waals surface area contributed by atoms with Gasteiger partial charge in [0.1, 0.15) is 5.75 Å². The van der Waals surface area contributed by atoms with Crippen molar-refractivity contribution in [3.8, 4) is 17.2 Å². The van der Waals surface area contributed by atoms with E-state index in [1.807, 2.05) is 0 Å². The summed E-state index contributed by atoms with van der Waals surface area (Å²) < 4.78 is 10.3. The molecule has 2 aromatic rings. The number of amides is 1. The van der Waals surface area contributed by atoms with Crippen molar-refractivity contribution in [1.29, 1.82) is 0 Å². The summed E-state index contributed by atoms with van der Waals surface area (Å²) in [5.41, 5.74) is 0.611. The molecule has 0 heterocycles. The Morgan fingerprint density at radius 1 is 1.13 bits per heavy atom. The van der Waals surface area contributed by atoms with Crippen LogP contribution in [0.2, 0.25) is 0 Å². The lowest BCUT2D eigenvalue weighted by Crippen LogP contribution is -2.13. The van der Waals surface area contributed by atoms with Crippen LogP contribution in [-0.2, 0) is 4.79 Å². The molecule has 0 spiro atoms. The molecule has 120 valence electrons. The molecule has 0 fully saturated rings. The summed E-state index contributed by atoms with van der Waals surface area (Å²) >= 11 is 0. The Labute approximate surface area is 133 Å². The molecule has 2 N–H and O–H groups in total. The number of phenols is 1. The van der Waals surface area contributed by atoms with Crippen molar-refractivity contribution in [2.75, 3.05) is 12.4 Å². The number of nitrogens with one attached hydrogen (secondary N) is 1. The molecule has 2 aromatic carbocycles. The van der Waals surface area contributed by atoms with E-state index in [4.69, 9.17) is 9.47 Å². The molecule has 2 rings (SSSR count). The molecular weight excluding hydrogens is 298 g/mol. The summed E-state index contributed by atoms with van der Waals surface area (Å²) in [5.74, 6) is -0.315. The molecule has 0 aliphatic heterocycles. The summed E-state index contributed by atoms with van der Waals surface area (Å²) in [5, 5.41) is 12.3. The van der Waals surface area contributed by atoms with Crippen LogP contribution in [-0.4, -0.2) is 24.1 Å². The molecule has 0 unspecified atom stereocenters. The van der Waals surface area contributed by atoms with Crippen LogP contribution in [0.4, 0.5) is 5.69 Å². The predicted octanol–water partition coefficient (Wildman–Crippen LogP) is 2.97. The second-order valence-corrected chi connectivity index (χ2v) is 4.66. The van der Waals surface area contributed by atoms with Crippen LogP contribution in [0.3, 0.4) is 0 Å². The highest BCUT2D eigenvalue weighted by Gasteiger charge is 2.14. The number of rotatable bonds is 5. The van der Waals surface area contributed by atoms with Crippen LogP contribution < -0.4 is 14.8 Å². The number of carbonyl (C=O) groups is 2. The first kappa shape index (κ1) is 16.4. The number of anilines is 1. The number of hydrogen-bond donors (Lipinski definition) is 2. The van der Waals surface area contributed by atoms with Crippen molar-refractivity contribution in [2.45, 2.75) is 13.3 Å². The van der Waals surface area contributed by atoms with Gasteiger partial charge in [0.15, 0.2) is 11.5 Å². The van der Waals surface area contributed by atoms with Gasteiger partial charge in [-0.05, 0) is 30.3 Å². The van der Waals surface area contributed by atoms with Crippen LogP contribution in [0.25, 0.3) is 0 Å². The van der Waals surface area contributed by atoms with Gasteiger partial charge in [-0.1, -0.05) is 19.1 Å². The fourth-order valence-corrected chi connectivity index (χ4v) is 1.86. The molecule has 0 saturated carbocycles. The van der Waals surface area contributed by atoms with Gasteiger partial charge in [0.2, 0.25) is 0 Å². The fourth-order valence-electron chi connectivity index (χ4n) is 1.86. The topological polar surface area (TPSA) is 84.9 Å². The third-order valence-corrected chi connectivity index (χ3v) is 3.09. The number of carbonyl (C=O) groups excluding carboxylic acids is 2. The van der Waals surface area contributed by atoms with E-state index < -0.39 is 11.9 Å². The van der Waals surface area contributed by atoms with E-state index in [1.54, 1.807) is 25.1 Å². The summed E-state index contributed by atoms with van der Waals surface area (Å²) in [7, 11) is 1.42. The number of methoxy groups -OCH3 is 1. The first-order valence-corrected chi connectivity index (χ1v) is 7.03. The lowest BCUT2D eigenvalue weighted by molar-refractivity contribution is -0.134. The standard InChI is InChI=1S/C17H17NO5/c1-3-16(20)23-14-9-8-11(10-15(14)22-2)17(21)18-12-6-4-5-7-13(12)19/h4-10,19H,3H2,1-2H3,(H,18,21). The summed E-state index contributed by atoms with van der Waals surface area (Å²) in [6.45, 7) is 1.68. The van der Waals surface area contributed by atoms with Crippen molar-refractivity contribution in [3.63, 3.8) is 0 Å². The van der Waals surface area contributed by atoms with Gasteiger partial charge in [-0.3, -0.25) is 9.59 Å². The zero-order valence-corrected chi connectivity index (χ0v) is 12.8. The normalized spacial score (nSPS) is 10.0. The Morgan fingerprint density at radius 3 is 2.52 bits per heavy atom. The fraction of sp³-hybridized carbons (Fsp3) is 0.176. The van der Waals surface area contributed by atoms with Crippen LogP contribution in [0, 0.1) is 0 Å². The molecule has 0 atom stereocenters. The summed E-state index contributed by atoms with van der Waals surface area (Å²) in [4.78, 5) is 23.6. The average molecular weight is 315 g/mol. The summed E-state index contributed by atoms with van der Waals surface area (Å²) in [6, 6.07) is 10.9. The van der Waals surface area contributed by atoms with Crippen LogP contribution in [0.1, 0.15) is 23.7 Å².